The molecule has 3 heteroatoms. The van der Waals surface area contributed by atoms with Gasteiger partial charge in [-0.1, -0.05) is 58.6 Å². The van der Waals surface area contributed by atoms with Crippen LogP contribution in [-0.4, -0.2) is 23.8 Å². The minimum atomic E-state index is -0.265. The van der Waals surface area contributed by atoms with Crippen LogP contribution in [0.5, 0.6) is 0 Å². The molecule has 2 amide bonds. The quantitative estimate of drug-likeness (QED) is 0.567. The average Bonchev–Trinajstić information content (AvgIpc) is 2.56. The Morgan fingerprint density at radius 2 is 1.62 bits per heavy atom. The number of fused-ring (bicyclic) bond motifs is 1. The molecule has 0 saturated heterocycles. The van der Waals surface area contributed by atoms with Gasteiger partial charge in [-0.25, -0.2) is 0 Å². The lowest BCUT2D eigenvalue weighted by Crippen LogP contribution is -2.38. The van der Waals surface area contributed by atoms with E-state index in [1.807, 2.05) is 33.8 Å². The number of benzene rings is 1. The maximum absolute atomic E-state index is 12.0. The third-order valence-electron chi connectivity index (χ3n) is 2.94. The zero-order chi connectivity index (χ0) is 16.6. The SMILES string of the molecule is C=Cc1cccc2c1/C(=C\C)C(=O)N(C)C2=O.CC.CC. The fourth-order valence-electron chi connectivity index (χ4n) is 2.05. The van der Waals surface area contributed by atoms with E-state index in [0.717, 1.165) is 10.5 Å². The Labute approximate surface area is 128 Å². The van der Waals surface area contributed by atoms with Gasteiger partial charge in [0, 0.05) is 23.7 Å². The Morgan fingerprint density at radius 3 is 2.10 bits per heavy atom. The summed E-state index contributed by atoms with van der Waals surface area (Å²) in [7, 11) is 1.50. The normalized spacial score (nSPS) is 14.6. The Hall–Kier alpha value is -2.16. The van der Waals surface area contributed by atoms with E-state index in [-0.39, 0.29) is 11.8 Å². The molecule has 3 nitrogen and oxygen atoms in total. The second-order valence-electron chi connectivity index (χ2n) is 3.85. The zero-order valence-electron chi connectivity index (χ0n) is 13.9. The number of allylic oxidation sites excluding steroid dienone is 1. The highest BCUT2D eigenvalue weighted by Crippen LogP contribution is 2.31. The topological polar surface area (TPSA) is 37.4 Å². The highest BCUT2D eigenvalue weighted by molar-refractivity contribution is 6.31. The van der Waals surface area contributed by atoms with Crippen molar-refractivity contribution < 1.29 is 9.59 Å². The molecule has 1 aromatic carbocycles. The molecular formula is C18H25NO2. The third-order valence-corrected chi connectivity index (χ3v) is 2.94. The van der Waals surface area contributed by atoms with Crippen LogP contribution >= 0.6 is 0 Å². The first-order chi connectivity index (χ1) is 10.1. The third kappa shape index (κ3) is 3.48. The summed E-state index contributed by atoms with van der Waals surface area (Å²) in [5.41, 5.74) is 2.61. The van der Waals surface area contributed by atoms with Crippen molar-refractivity contribution in [3.05, 3.63) is 47.5 Å². The summed E-state index contributed by atoms with van der Waals surface area (Å²) >= 11 is 0. The van der Waals surface area contributed by atoms with Gasteiger partial charge in [-0.2, -0.15) is 0 Å². The molecule has 0 radical (unpaired) electrons. The second-order valence-corrected chi connectivity index (χ2v) is 3.85. The van der Waals surface area contributed by atoms with Gasteiger partial charge in [-0.15, -0.1) is 0 Å². The Morgan fingerprint density at radius 1 is 1.05 bits per heavy atom. The van der Waals surface area contributed by atoms with Gasteiger partial charge in [0.05, 0.1) is 0 Å². The maximum atomic E-state index is 12.0. The molecule has 0 saturated carbocycles. The lowest BCUT2D eigenvalue weighted by Gasteiger charge is -2.26. The summed E-state index contributed by atoms with van der Waals surface area (Å²) in [6.45, 7) is 13.5. The second kappa shape index (κ2) is 8.90. The van der Waals surface area contributed by atoms with Crippen LogP contribution < -0.4 is 0 Å². The molecule has 0 fully saturated rings. The molecule has 0 bridgehead atoms. The van der Waals surface area contributed by atoms with Crippen molar-refractivity contribution in [3.63, 3.8) is 0 Å². The highest BCUT2D eigenvalue weighted by Gasteiger charge is 2.32. The van der Waals surface area contributed by atoms with Gasteiger partial charge in [-0.3, -0.25) is 14.5 Å². The van der Waals surface area contributed by atoms with E-state index in [1.54, 1.807) is 31.2 Å². The fourth-order valence-corrected chi connectivity index (χ4v) is 2.05. The first-order valence-corrected chi connectivity index (χ1v) is 7.36. The van der Waals surface area contributed by atoms with Gasteiger partial charge in [0.2, 0.25) is 0 Å². The first-order valence-electron chi connectivity index (χ1n) is 7.36. The van der Waals surface area contributed by atoms with Crippen molar-refractivity contribution in [1.82, 2.24) is 4.90 Å². The number of hydrogen-bond acceptors (Lipinski definition) is 2. The maximum Gasteiger partial charge on any atom is 0.261 e. The summed E-state index contributed by atoms with van der Waals surface area (Å²) in [5.74, 6) is -0.529. The van der Waals surface area contributed by atoms with Gasteiger partial charge < -0.3 is 0 Å². The van der Waals surface area contributed by atoms with Crippen molar-refractivity contribution in [2.45, 2.75) is 34.6 Å². The molecule has 0 unspecified atom stereocenters. The fraction of sp³-hybridized carbons (Fsp3) is 0.333. The average molecular weight is 287 g/mol. The summed E-state index contributed by atoms with van der Waals surface area (Å²) < 4.78 is 0. The van der Waals surface area contributed by atoms with Crippen LogP contribution in [0.3, 0.4) is 0 Å². The molecule has 21 heavy (non-hydrogen) atoms. The van der Waals surface area contributed by atoms with Crippen LogP contribution in [0.25, 0.3) is 11.6 Å². The van der Waals surface area contributed by atoms with Crippen molar-refractivity contribution in [1.29, 1.82) is 0 Å². The van der Waals surface area contributed by atoms with Gasteiger partial charge in [0.25, 0.3) is 11.8 Å². The molecule has 0 atom stereocenters. The molecular weight excluding hydrogens is 262 g/mol. The Kier molecular flexibility index (Phi) is 7.99. The van der Waals surface area contributed by atoms with Crippen LogP contribution in [0.15, 0.2) is 30.9 Å². The number of amides is 2. The number of imide groups is 1. The van der Waals surface area contributed by atoms with Crippen LogP contribution in [0.4, 0.5) is 0 Å². The predicted molar refractivity (Wildman–Crippen MR) is 90.0 cm³/mol. The molecule has 0 aromatic heterocycles. The molecule has 0 N–H and O–H groups in total. The molecule has 1 aliphatic rings. The van der Waals surface area contributed by atoms with E-state index in [4.69, 9.17) is 0 Å². The summed E-state index contributed by atoms with van der Waals surface area (Å²) in [4.78, 5) is 25.1. The van der Waals surface area contributed by atoms with Crippen LogP contribution in [0, 0.1) is 0 Å². The summed E-state index contributed by atoms with van der Waals surface area (Å²) in [6.07, 6.45) is 3.39. The molecule has 114 valence electrons. The van der Waals surface area contributed by atoms with E-state index in [9.17, 15) is 9.59 Å². The predicted octanol–water partition coefficient (Wildman–Crippen LogP) is 4.40. The van der Waals surface area contributed by atoms with Crippen molar-refractivity contribution in [2.24, 2.45) is 0 Å². The van der Waals surface area contributed by atoms with Gasteiger partial charge in [0.15, 0.2) is 0 Å². The zero-order valence-corrected chi connectivity index (χ0v) is 13.9. The number of likely N-dealkylation sites (N-methyl/N-ethyl adjacent to an activating group) is 1. The monoisotopic (exact) mass is 287 g/mol. The molecule has 1 heterocycles. The lowest BCUT2D eigenvalue weighted by atomic mass is 9.89. The van der Waals surface area contributed by atoms with Crippen molar-refractivity contribution in [3.8, 4) is 0 Å². The van der Waals surface area contributed by atoms with Gasteiger partial charge in [-0.05, 0) is 18.6 Å². The first kappa shape index (κ1) is 18.8. The van der Waals surface area contributed by atoms with E-state index in [0.29, 0.717) is 16.7 Å². The van der Waals surface area contributed by atoms with E-state index in [2.05, 4.69) is 6.58 Å². The number of nitrogens with zero attached hydrogens (tertiary/aromatic N) is 1. The molecule has 1 aromatic rings. The Bertz CT molecular complexity index is 556. The number of carbonyl (C=O) groups is 2. The van der Waals surface area contributed by atoms with E-state index >= 15 is 0 Å². The summed E-state index contributed by atoms with van der Waals surface area (Å²) in [5, 5.41) is 0. The number of rotatable bonds is 1. The number of hydrogen-bond donors (Lipinski definition) is 0. The smallest absolute Gasteiger partial charge is 0.261 e. The van der Waals surface area contributed by atoms with Crippen LogP contribution in [-0.2, 0) is 4.79 Å². The lowest BCUT2D eigenvalue weighted by molar-refractivity contribution is -0.121. The van der Waals surface area contributed by atoms with E-state index in [1.165, 1.54) is 7.05 Å². The van der Waals surface area contributed by atoms with Crippen molar-refractivity contribution >= 4 is 23.5 Å². The van der Waals surface area contributed by atoms with Gasteiger partial charge in [0.1, 0.15) is 0 Å². The standard InChI is InChI=1S/C14H13NO2.2C2H6/c1-4-9-7-6-8-11-12(9)10(5-2)13(16)15(3)14(11)17;2*1-2/h4-8H,1H2,2-3H3;2*1-2H3/b10-5+;;. The molecule has 1 aliphatic heterocycles. The number of carbonyl (C=O) groups excluding carboxylic acids is 2. The van der Waals surface area contributed by atoms with Crippen molar-refractivity contribution in [2.75, 3.05) is 7.05 Å². The molecule has 2 rings (SSSR count). The highest BCUT2D eigenvalue weighted by atomic mass is 16.2. The van der Waals surface area contributed by atoms with Crippen LogP contribution in [0.1, 0.15) is 56.1 Å². The summed E-state index contributed by atoms with van der Waals surface area (Å²) in [6, 6.07) is 5.38. The minimum absolute atomic E-state index is 0.265. The van der Waals surface area contributed by atoms with Gasteiger partial charge >= 0.3 is 0 Å². The largest absolute Gasteiger partial charge is 0.277 e. The Balaban J connectivity index is 0.000000921. The molecule has 0 aliphatic carbocycles. The molecule has 0 spiro atoms. The minimum Gasteiger partial charge on any atom is -0.277 e. The van der Waals surface area contributed by atoms with E-state index < -0.39 is 0 Å². The van der Waals surface area contributed by atoms with Crippen LogP contribution in [0.2, 0.25) is 0 Å².